The Morgan fingerprint density at radius 1 is 1.30 bits per heavy atom. The zero-order chi connectivity index (χ0) is 18.9. The second-order valence-electron chi connectivity index (χ2n) is 6.79. The van der Waals surface area contributed by atoms with Crippen molar-refractivity contribution in [2.45, 2.75) is 32.1 Å². The number of ether oxygens (including phenoxy) is 2. The van der Waals surface area contributed by atoms with Gasteiger partial charge >= 0.3 is 0 Å². The Balaban J connectivity index is 1.44. The number of nitrogens with zero attached hydrogens (tertiary/aromatic N) is 4. The molecule has 0 aliphatic carbocycles. The lowest BCUT2D eigenvalue weighted by Gasteiger charge is -2.38. The number of thiocarbonyl (C=S) groups is 1. The van der Waals surface area contributed by atoms with E-state index in [2.05, 4.69) is 15.6 Å². The number of hydrogen-bond donors (Lipinski definition) is 1. The topological polar surface area (TPSA) is 64.4 Å². The van der Waals surface area contributed by atoms with Gasteiger partial charge in [0.05, 0.1) is 42.3 Å². The molecular formula is C18H22FN5O2S. The first-order valence-corrected chi connectivity index (χ1v) is 9.44. The third-order valence-corrected chi connectivity index (χ3v) is 5.08. The van der Waals surface area contributed by atoms with Crippen molar-refractivity contribution in [3.63, 3.8) is 0 Å². The molecule has 2 aromatic rings. The Bertz CT molecular complexity index is 827. The lowest BCUT2D eigenvalue weighted by molar-refractivity contribution is -0.169. The summed E-state index contributed by atoms with van der Waals surface area (Å²) in [6.07, 6.45) is 3.25. The maximum atomic E-state index is 14.8. The van der Waals surface area contributed by atoms with Gasteiger partial charge in [0.1, 0.15) is 11.5 Å². The number of anilines is 1. The lowest BCUT2D eigenvalue weighted by Crippen LogP contribution is -2.45. The van der Waals surface area contributed by atoms with E-state index in [0.29, 0.717) is 49.2 Å². The van der Waals surface area contributed by atoms with Crippen molar-refractivity contribution < 1.29 is 13.9 Å². The van der Waals surface area contributed by atoms with Gasteiger partial charge in [-0.3, -0.25) is 0 Å². The fraction of sp³-hybridized carbons (Fsp3) is 0.500. The molecule has 0 atom stereocenters. The molecule has 0 bridgehead atoms. The van der Waals surface area contributed by atoms with Crippen LogP contribution in [0.1, 0.15) is 25.5 Å². The third kappa shape index (κ3) is 3.95. The largest absolute Gasteiger partial charge is 0.374 e. The molecule has 27 heavy (non-hydrogen) atoms. The van der Waals surface area contributed by atoms with Crippen LogP contribution in [0.2, 0.25) is 0 Å². The number of aromatic nitrogens is 3. The molecular weight excluding hydrogens is 369 g/mol. The molecule has 0 unspecified atom stereocenters. The second kappa shape index (κ2) is 7.49. The van der Waals surface area contributed by atoms with Crippen LogP contribution in [0.3, 0.4) is 0 Å². The number of rotatable bonds is 4. The van der Waals surface area contributed by atoms with Crippen molar-refractivity contribution in [3.8, 4) is 5.69 Å². The molecule has 144 valence electrons. The van der Waals surface area contributed by atoms with Crippen LogP contribution in [0.15, 0.2) is 24.4 Å². The van der Waals surface area contributed by atoms with E-state index < -0.39 is 5.79 Å². The molecule has 9 heteroatoms. The summed E-state index contributed by atoms with van der Waals surface area (Å²) in [5.74, 6) is -0.736. The van der Waals surface area contributed by atoms with E-state index in [1.807, 2.05) is 11.0 Å². The Labute approximate surface area is 162 Å². The highest BCUT2D eigenvalue weighted by Gasteiger charge is 2.40. The van der Waals surface area contributed by atoms with Crippen LogP contribution in [0, 0.1) is 5.82 Å². The van der Waals surface area contributed by atoms with Gasteiger partial charge in [0.2, 0.25) is 0 Å². The van der Waals surface area contributed by atoms with E-state index in [0.717, 1.165) is 18.5 Å². The SMILES string of the molecule is CC(=S)NCc1cn(-c2ccc(N3CCC4(CC3)OCCO4)c(F)c2)nn1. The first-order valence-electron chi connectivity index (χ1n) is 9.03. The standard InChI is InChI=1S/C18H22FN5O2S/c1-13(27)20-11-14-12-24(22-21-14)15-2-3-17(16(19)10-15)23-6-4-18(5-7-23)25-8-9-26-18/h2-3,10,12H,4-9,11H2,1H3,(H,20,27). The second-order valence-corrected chi connectivity index (χ2v) is 7.41. The third-order valence-electron chi connectivity index (χ3n) is 4.93. The number of piperidine rings is 1. The molecule has 1 aromatic heterocycles. The molecule has 3 heterocycles. The molecule has 7 nitrogen and oxygen atoms in total. The first kappa shape index (κ1) is 18.3. The number of hydrogen-bond acceptors (Lipinski definition) is 6. The van der Waals surface area contributed by atoms with E-state index in [9.17, 15) is 4.39 Å². The minimum absolute atomic E-state index is 0.276. The summed E-state index contributed by atoms with van der Waals surface area (Å²) in [7, 11) is 0. The van der Waals surface area contributed by atoms with E-state index in [1.165, 1.54) is 6.07 Å². The fourth-order valence-electron chi connectivity index (χ4n) is 3.49. The first-order chi connectivity index (χ1) is 13.0. The van der Waals surface area contributed by atoms with Gasteiger partial charge in [-0.2, -0.15) is 0 Å². The minimum atomic E-state index is -0.459. The normalized spacial score (nSPS) is 18.8. The molecule has 1 spiro atoms. The lowest BCUT2D eigenvalue weighted by atomic mass is 10.0. The van der Waals surface area contributed by atoms with Gasteiger partial charge in [0.15, 0.2) is 5.79 Å². The molecule has 0 saturated carbocycles. The molecule has 2 aliphatic rings. The van der Waals surface area contributed by atoms with E-state index in [4.69, 9.17) is 21.7 Å². The van der Waals surface area contributed by atoms with Crippen LogP contribution in [0.5, 0.6) is 0 Å². The van der Waals surface area contributed by atoms with E-state index in [1.54, 1.807) is 23.9 Å². The van der Waals surface area contributed by atoms with Gasteiger partial charge in [-0.05, 0) is 19.1 Å². The fourth-order valence-corrected chi connectivity index (χ4v) is 3.56. The summed E-state index contributed by atoms with van der Waals surface area (Å²) in [6.45, 7) is 4.99. The van der Waals surface area contributed by atoms with Crippen LogP contribution in [-0.4, -0.2) is 52.1 Å². The monoisotopic (exact) mass is 391 g/mol. The van der Waals surface area contributed by atoms with Crippen molar-refractivity contribution in [1.82, 2.24) is 20.3 Å². The van der Waals surface area contributed by atoms with Crippen LogP contribution in [0.4, 0.5) is 10.1 Å². The molecule has 0 radical (unpaired) electrons. The summed E-state index contributed by atoms with van der Waals surface area (Å²) in [4.78, 5) is 2.73. The average Bonchev–Trinajstić information content (AvgIpc) is 3.31. The highest BCUT2D eigenvalue weighted by molar-refractivity contribution is 7.80. The summed E-state index contributed by atoms with van der Waals surface area (Å²) >= 11 is 4.99. The minimum Gasteiger partial charge on any atom is -0.374 e. The van der Waals surface area contributed by atoms with Gasteiger partial charge < -0.3 is 19.7 Å². The van der Waals surface area contributed by atoms with Crippen molar-refractivity contribution >= 4 is 22.9 Å². The Morgan fingerprint density at radius 2 is 2.04 bits per heavy atom. The van der Waals surface area contributed by atoms with Crippen molar-refractivity contribution in [2.75, 3.05) is 31.2 Å². The summed E-state index contributed by atoms with van der Waals surface area (Å²) in [6, 6.07) is 5.13. The zero-order valence-corrected chi connectivity index (χ0v) is 16.0. The molecule has 2 saturated heterocycles. The van der Waals surface area contributed by atoms with Crippen LogP contribution < -0.4 is 10.2 Å². The number of benzene rings is 1. The van der Waals surface area contributed by atoms with E-state index >= 15 is 0 Å². The number of halogens is 1. The average molecular weight is 391 g/mol. The van der Waals surface area contributed by atoms with Crippen molar-refractivity contribution in [2.24, 2.45) is 0 Å². The molecule has 2 fully saturated rings. The highest BCUT2D eigenvalue weighted by atomic mass is 32.1. The van der Waals surface area contributed by atoms with Gasteiger partial charge in [0.25, 0.3) is 0 Å². The Morgan fingerprint density at radius 3 is 2.70 bits per heavy atom. The Hall–Kier alpha value is -2.10. The highest BCUT2D eigenvalue weighted by Crippen LogP contribution is 2.34. The summed E-state index contributed by atoms with van der Waals surface area (Å²) in [5.41, 5.74) is 1.96. The van der Waals surface area contributed by atoms with Crippen molar-refractivity contribution in [1.29, 1.82) is 0 Å². The number of nitrogens with one attached hydrogen (secondary N) is 1. The smallest absolute Gasteiger partial charge is 0.171 e. The molecule has 4 rings (SSSR count). The van der Waals surface area contributed by atoms with Gasteiger partial charge in [-0.1, -0.05) is 17.4 Å². The molecule has 1 aromatic carbocycles. The van der Waals surface area contributed by atoms with Crippen molar-refractivity contribution in [3.05, 3.63) is 35.9 Å². The van der Waals surface area contributed by atoms with Crippen LogP contribution >= 0.6 is 12.2 Å². The maximum absolute atomic E-state index is 14.8. The van der Waals surface area contributed by atoms with Gasteiger partial charge in [-0.25, -0.2) is 9.07 Å². The summed E-state index contributed by atoms with van der Waals surface area (Å²) < 4.78 is 27.8. The predicted octanol–water partition coefficient (Wildman–Crippen LogP) is 2.19. The van der Waals surface area contributed by atoms with Gasteiger partial charge in [-0.15, -0.1) is 5.10 Å². The van der Waals surface area contributed by atoms with Crippen LogP contribution in [0.25, 0.3) is 5.69 Å². The molecule has 0 amide bonds. The Kier molecular flexibility index (Phi) is 5.07. The predicted molar refractivity (Wildman–Crippen MR) is 103 cm³/mol. The summed E-state index contributed by atoms with van der Waals surface area (Å²) in [5, 5.41) is 11.2. The molecule has 2 aliphatic heterocycles. The quantitative estimate of drug-likeness (QED) is 0.802. The zero-order valence-electron chi connectivity index (χ0n) is 15.2. The maximum Gasteiger partial charge on any atom is 0.171 e. The van der Waals surface area contributed by atoms with Crippen LogP contribution in [-0.2, 0) is 16.0 Å². The van der Waals surface area contributed by atoms with Gasteiger partial charge in [0, 0.05) is 32.0 Å². The van der Waals surface area contributed by atoms with E-state index in [-0.39, 0.29) is 5.82 Å². The molecule has 1 N–H and O–H groups in total.